The Labute approximate surface area is 68.8 Å². The van der Waals surface area contributed by atoms with Crippen molar-refractivity contribution in [1.82, 2.24) is 9.03 Å². The van der Waals surface area contributed by atoms with Crippen LogP contribution in [-0.2, 0) is 10.2 Å². The summed E-state index contributed by atoms with van der Waals surface area (Å²) in [5.74, 6) is 0. The molecule has 4 nitrogen and oxygen atoms in total. The molecule has 11 heavy (non-hydrogen) atoms. The summed E-state index contributed by atoms with van der Waals surface area (Å²) in [5.41, 5.74) is 0. The molecule has 68 valence electrons. The molecule has 1 N–H and O–H groups in total. The minimum absolute atomic E-state index is 0.00222. The molecule has 1 atom stereocenters. The third-order valence-electron chi connectivity index (χ3n) is 1.44. The highest BCUT2D eigenvalue weighted by molar-refractivity contribution is 7.87. The molecule has 0 radical (unpaired) electrons. The van der Waals surface area contributed by atoms with Crippen molar-refractivity contribution in [2.75, 3.05) is 14.1 Å². The van der Waals surface area contributed by atoms with Gasteiger partial charge < -0.3 is 0 Å². The number of nitrogens with zero attached hydrogens (tertiary/aromatic N) is 1. The van der Waals surface area contributed by atoms with Gasteiger partial charge in [-0.2, -0.15) is 17.4 Å². The predicted octanol–water partition coefficient (Wildman–Crippen LogP) is 0.181. The SMILES string of the molecule is CC[C@H](C)NS(=O)(=O)N(C)C. The van der Waals surface area contributed by atoms with Crippen molar-refractivity contribution in [2.45, 2.75) is 26.3 Å². The summed E-state index contributed by atoms with van der Waals surface area (Å²) >= 11 is 0. The maximum atomic E-state index is 11.1. The van der Waals surface area contributed by atoms with Crippen LogP contribution in [0.4, 0.5) is 0 Å². The van der Waals surface area contributed by atoms with Gasteiger partial charge in [0, 0.05) is 20.1 Å². The van der Waals surface area contributed by atoms with Crippen LogP contribution >= 0.6 is 0 Å². The molecule has 0 aromatic carbocycles. The van der Waals surface area contributed by atoms with Crippen LogP contribution in [0.15, 0.2) is 0 Å². The van der Waals surface area contributed by atoms with Crippen molar-refractivity contribution in [2.24, 2.45) is 0 Å². The fourth-order valence-electron chi connectivity index (χ4n) is 0.443. The molecule has 0 fully saturated rings. The summed E-state index contributed by atoms with van der Waals surface area (Å²) in [6.07, 6.45) is 0.799. The zero-order valence-corrected chi connectivity index (χ0v) is 8.27. The van der Waals surface area contributed by atoms with Crippen LogP contribution in [-0.4, -0.2) is 32.9 Å². The Hall–Kier alpha value is -0.130. The lowest BCUT2D eigenvalue weighted by Gasteiger charge is -2.16. The highest BCUT2D eigenvalue weighted by atomic mass is 32.2. The van der Waals surface area contributed by atoms with Crippen LogP contribution < -0.4 is 4.72 Å². The van der Waals surface area contributed by atoms with E-state index >= 15 is 0 Å². The lowest BCUT2D eigenvalue weighted by molar-refractivity contribution is 0.489. The van der Waals surface area contributed by atoms with E-state index in [1.54, 1.807) is 0 Å². The fourth-order valence-corrected chi connectivity index (χ4v) is 1.33. The molecule has 0 aliphatic carbocycles. The smallest absolute Gasteiger partial charge is 0.199 e. The van der Waals surface area contributed by atoms with Crippen LogP contribution in [0.1, 0.15) is 20.3 Å². The van der Waals surface area contributed by atoms with Gasteiger partial charge in [0.25, 0.3) is 10.2 Å². The van der Waals surface area contributed by atoms with Gasteiger partial charge in [-0.25, -0.2) is 0 Å². The number of nitrogens with one attached hydrogen (secondary N) is 1. The monoisotopic (exact) mass is 180 g/mol. The standard InChI is InChI=1S/C6H16N2O2S/c1-5-6(2)7-11(9,10)8(3)4/h6-7H,5H2,1-4H3/t6-/m0/s1. The first kappa shape index (κ1) is 10.9. The van der Waals surface area contributed by atoms with Crippen molar-refractivity contribution < 1.29 is 8.42 Å². The first-order valence-corrected chi connectivity index (χ1v) is 5.04. The quantitative estimate of drug-likeness (QED) is 0.671. The van der Waals surface area contributed by atoms with Crippen LogP contribution in [0.2, 0.25) is 0 Å². The molecule has 0 aliphatic rings. The van der Waals surface area contributed by atoms with E-state index in [4.69, 9.17) is 0 Å². The Balaban J connectivity index is 4.15. The van der Waals surface area contributed by atoms with Crippen LogP contribution in [0, 0.1) is 0 Å². The van der Waals surface area contributed by atoms with E-state index < -0.39 is 10.2 Å². The van der Waals surface area contributed by atoms with Gasteiger partial charge in [-0.3, -0.25) is 0 Å². The van der Waals surface area contributed by atoms with Crippen molar-refractivity contribution in [3.8, 4) is 0 Å². The average Bonchev–Trinajstić information content (AvgIpc) is 1.86. The Morgan fingerprint density at radius 2 is 1.91 bits per heavy atom. The predicted molar refractivity (Wildman–Crippen MR) is 45.5 cm³/mol. The van der Waals surface area contributed by atoms with E-state index in [0.29, 0.717) is 0 Å². The Morgan fingerprint density at radius 1 is 1.45 bits per heavy atom. The first-order chi connectivity index (χ1) is 4.90. The zero-order chi connectivity index (χ0) is 9.07. The van der Waals surface area contributed by atoms with E-state index in [2.05, 4.69) is 4.72 Å². The van der Waals surface area contributed by atoms with Gasteiger partial charge in [0.05, 0.1) is 0 Å². The van der Waals surface area contributed by atoms with Gasteiger partial charge in [0.2, 0.25) is 0 Å². The molecule has 0 rings (SSSR count). The molecule has 0 saturated carbocycles. The molecule has 0 aromatic rings. The van der Waals surface area contributed by atoms with E-state index in [0.717, 1.165) is 6.42 Å². The lowest BCUT2D eigenvalue weighted by atomic mass is 10.3. The minimum atomic E-state index is -3.23. The topological polar surface area (TPSA) is 49.4 Å². The van der Waals surface area contributed by atoms with E-state index in [1.807, 2.05) is 13.8 Å². The zero-order valence-electron chi connectivity index (χ0n) is 7.46. The molecule has 0 spiro atoms. The summed E-state index contributed by atoms with van der Waals surface area (Å²) in [4.78, 5) is 0. The van der Waals surface area contributed by atoms with Crippen LogP contribution in [0.3, 0.4) is 0 Å². The second-order valence-electron chi connectivity index (χ2n) is 2.71. The van der Waals surface area contributed by atoms with E-state index in [9.17, 15) is 8.42 Å². The van der Waals surface area contributed by atoms with Crippen LogP contribution in [0.25, 0.3) is 0 Å². The van der Waals surface area contributed by atoms with Crippen molar-refractivity contribution in [1.29, 1.82) is 0 Å². The molecule has 0 aromatic heterocycles. The van der Waals surface area contributed by atoms with Crippen LogP contribution in [0.5, 0.6) is 0 Å². The Kier molecular flexibility index (Phi) is 3.99. The van der Waals surface area contributed by atoms with Crippen molar-refractivity contribution >= 4 is 10.2 Å². The highest BCUT2D eigenvalue weighted by Gasteiger charge is 2.14. The largest absolute Gasteiger partial charge is 0.279 e. The molecular formula is C6H16N2O2S. The molecule has 5 heteroatoms. The highest BCUT2D eigenvalue weighted by Crippen LogP contribution is 1.94. The van der Waals surface area contributed by atoms with Gasteiger partial charge in [-0.15, -0.1) is 0 Å². The van der Waals surface area contributed by atoms with Gasteiger partial charge in [-0.1, -0.05) is 6.92 Å². The van der Waals surface area contributed by atoms with Gasteiger partial charge >= 0.3 is 0 Å². The maximum absolute atomic E-state index is 11.1. The maximum Gasteiger partial charge on any atom is 0.279 e. The summed E-state index contributed by atoms with van der Waals surface area (Å²) in [7, 11) is -0.217. The van der Waals surface area contributed by atoms with Crippen molar-refractivity contribution in [3.05, 3.63) is 0 Å². The molecule has 0 unspecified atom stereocenters. The molecular weight excluding hydrogens is 164 g/mol. The van der Waals surface area contributed by atoms with E-state index in [1.165, 1.54) is 18.4 Å². The first-order valence-electron chi connectivity index (χ1n) is 3.60. The van der Waals surface area contributed by atoms with Crippen molar-refractivity contribution in [3.63, 3.8) is 0 Å². The molecule has 0 saturated heterocycles. The second kappa shape index (κ2) is 4.04. The van der Waals surface area contributed by atoms with Gasteiger partial charge in [0.15, 0.2) is 0 Å². The Bertz CT molecular complexity index is 199. The third kappa shape index (κ3) is 3.69. The lowest BCUT2D eigenvalue weighted by Crippen LogP contribution is -2.40. The Morgan fingerprint density at radius 3 is 2.18 bits per heavy atom. The number of hydrogen-bond acceptors (Lipinski definition) is 2. The second-order valence-corrected chi connectivity index (χ2v) is 4.63. The molecule has 0 bridgehead atoms. The van der Waals surface area contributed by atoms with Gasteiger partial charge in [-0.05, 0) is 13.3 Å². The summed E-state index contributed by atoms with van der Waals surface area (Å²) in [6.45, 7) is 3.77. The normalized spacial score (nSPS) is 15.4. The molecule has 0 aliphatic heterocycles. The van der Waals surface area contributed by atoms with E-state index in [-0.39, 0.29) is 6.04 Å². The fraction of sp³-hybridized carbons (Fsp3) is 1.00. The summed E-state index contributed by atoms with van der Waals surface area (Å²) < 4.78 is 25.9. The average molecular weight is 180 g/mol. The molecule has 0 heterocycles. The summed E-state index contributed by atoms with van der Waals surface area (Å²) in [6, 6.07) is 0.00222. The minimum Gasteiger partial charge on any atom is -0.199 e. The van der Waals surface area contributed by atoms with Gasteiger partial charge in [0.1, 0.15) is 0 Å². The molecule has 0 amide bonds. The number of rotatable bonds is 4. The summed E-state index contributed by atoms with van der Waals surface area (Å²) in [5, 5.41) is 0. The third-order valence-corrected chi connectivity index (χ3v) is 3.10. The number of hydrogen-bond donors (Lipinski definition) is 1.